The quantitative estimate of drug-likeness (QED) is 0.537. The van der Waals surface area contributed by atoms with E-state index >= 15 is 0 Å². The smallest absolute Gasteiger partial charge is 0.123 e. The summed E-state index contributed by atoms with van der Waals surface area (Å²) in [6.07, 6.45) is 0. The van der Waals surface area contributed by atoms with Crippen LogP contribution in [0.1, 0.15) is 6.92 Å². The van der Waals surface area contributed by atoms with Crippen molar-refractivity contribution in [2.75, 3.05) is 0 Å². The van der Waals surface area contributed by atoms with E-state index in [0.717, 1.165) is 26.2 Å². The lowest BCUT2D eigenvalue weighted by Crippen LogP contribution is -2.03. The number of halogens is 1. The molecule has 0 aliphatic carbocycles. The van der Waals surface area contributed by atoms with Gasteiger partial charge in [0.1, 0.15) is 5.82 Å². The molecule has 0 atom stereocenters. The Morgan fingerprint density at radius 2 is 2.00 bits per heavy atom. The zero-order valence-corrected chi connectivity index (χ0v) is 11.7. The van der Waals surface area contributed by atoms with Gasteiger partial charge >= 0.3 is 0 Å². The summed E-state index contributed by atoms with van der Waals surface area (Å²) in [5.41, 5.74) is 7.32. The van der Waals surface area contributed by atoms with Crippen LogP contribution in [0.2, 0.25) is 0 Å². The van der Waals surface area contributed by atoms with Crippen LogP contribution in [0.25, 0.3) is 20.5 Å². The Labute approximate surface area is 120 Å². The molecule has 20 heavy (non-hydrogen) atoms. The zero-order valence-electron chi connectivity index (χ0n) is 10.9. The third-order valence-corrected chi connectivity index (χ3v) is 4.08. The Kier molecular flexibility index (Phi) is 3.24. The van der Waals surface area contributed by atoms with Gasteiger partial charge in [0.15, 0.2) is 0 Å². The van der Waals surface area contributed by atoms with Gasteiger partial charge in [0.05, 0.1) is 11.5 Å². The van der Waals surface area contributed by atoms with Gasteiger partial charge in [-0.3, -0.25) is 0 Å². The molecule has 2 N–H and O–H groups in total. The number of hydrogen-bond acceptors (Lipinski definition) is 2. The van der Waals surface area contributed by atoms with Crippen molar-refractivity contribution in [2.24, 2.45) is 10.7 Å². The Hall–Kier alpha value is -2.20. The molecular weight excluding hydrogens is 271 g/mol. The van der Waals surface area contributed by atoms with Crippen molar-refractivity contribution in [1.82, 2.24) is 0 Å². The average Bonchev–Trinajstić information content (AvgIpc) is 2.81. The molecule has 100 valence electrons. The predicted octanol–water partition coefficient (Wildman–Crippen LogP) is 4.72. The van der Waals surface area contributed by atoms with Crippen LogP contribution in [0, 0.1) is 5.82 Å². The maximum atomic E-state index is 13.3. The van der Waals surface area contributed by atoms with Crippen LogP contribution >= 0.6 is 11.3 Å². The third-order valence-electron chi connectivity index (χ3n) is 2.91. The van der Waals surface area contributed by atoms with Gasteiger partial charge in [-0.05, 0) is 54.3 Å². The minimum absolute atomic E-state index is 0.219. The summed E-state index contributed by atoms with van der Waals surface area (Å²) in [7, 11) is 0. The molecule has 0 spiro atoms. The second kappa shape index (κ2) is 5.06. The zero-order chi connectivity index (χ0) is 14.1. The molecule has 4 heteroatoms. The molecule has 0 fully saturated rings. The van der Waals surface area contributed by atoms with Crippen molar-refractivity contribution in [3.05, 3.63) is 54.3 Å². The van der Waals surface area contributed by atoms with E-state index in [4.69, 9.17) is 5.73 Å². The molecule has 2 nitrogen and oxygen atoms in total. The lowest BCUT2D eigenvalue weighted by molar-refractivity contribution is 0.628. The molecule has 0 unspecified atom stereocenters. The van der Waals surface area contributed by atoms with Gasteiger partial charge < -0.3 is 5.73 Å². The molecule has 0 bridgehead atoms. The fourth-order valence-electron chi connectivity index (χ4n) is 2.09. The third kappa shape index (κ3) is 2.56. The maximum Gasteiger partial charge on any atom is 0.123 e. The monoisotopic (exact) mass is 284 g/mol. The number of hydrogen-bond donors (Lipinski definition) is 1. The molecule has 1 aromatic heterocycles. The highest BCUT2D eigenvalue weighted by Crippen LogP contribution is 2.35. The number of fused-ring (bicyclic) bond motifs is 1. The molecule has 0 amide bonds. The number of amidine groups is 1. The van der Waals surface area contributed by atoms with Gasteiger partial charge in [0, 0.05) is 9.58 Å². The van der Waals surface area contributed by atoms with Crippen LogP contribution in [0.4, 0.5) is 10.1 Å². The van der Waals surface area contributed by atoms with Crippen molar-refractivity contribution in [3.8, 4) is 10.4 Å². The van der Waals surface area contributed by atoms with Crippen LogP contribution in [-0.2, 0) is 0 Å². The van der Waals surface area contributed by atoms with Crippen molar-refractivity contribution in [2.45, 2.75) is 6.92 Å². The van der Waals surface area contributed by atoms with Crippen molar-refractivity contribution < 1.29 is 4.39 Å². The van der Waals surface area contributed by atoms with E-state index in [1.165, 1.54) is 6.07 Å². The highest BCUT2D eigenvalue weighted by molar-refractivity contribution is 7.22. The topological polar surface area (TPSA) is 38.4 Å². The number of benzene rings is 2. The van der Waals surface area contributed by atoms with Crippen LogP contribution in [-0.4, -0.2) is 5.84 Å². The second-order valence-corrected chi connectivity index (χ2v) is 5.68. The summed E-state index contributed by atoms with van der Waals surface area (Å²) in [6.45, 7) is 1.76. The summed E-state index contributed by atoms with van der Waals surface area (Å²) in [4.78, 5) is 5.29. The number of aliphatic imine (C=N–C) groups is 1. The van der Waals surface area contributed by atoms with Crippen molar-refractivity contribution >= 4 is 32.9 Å². The minimum atomic E-state index is -0.219. The first kappa shape index (κ1) is 12.8. The normalized spacial score (nSPS) is 12.0. The molecule has 0 aliphatic heterocycles. The number of nitrogens with zero attached hydrogens (tertiary/aromatic N) is 1. The Morgan fingerprint density at radius 3 is 2.75 bits per heavy atom. The summed E-state index contributed by atoms with van der Waals surface area (Å²) in [6, 6.07) is 14.6. The van der Waals surface area contributed by atoms with Crippen LogP contribution in [0.15, 0.2) is 53.5 Å². The maximum absolute atomic E-state index is 13.3. The van der Waals surface area contributed by atoms with Crippen molar-refractivity contribution in [3.63, 3.8) is 0 Å². The molecule has 2 aromatic carbocycles. The number of rotatable bonds is 2. The highest BCUT2D eigenvalue weighted by Gasteiger charge is 2.06. The average molecular weight is 284 g/mol. The summed E-state index contributed by atoms with van der Waals surface area (Å²) in [5.74, 6) is 0.314. The van der Waals surface area contributed by atoms with E-state index in [0.29, 0.717) is 5.84 Å². The SMILES string of the molecule is CC(N)=Nc1ccc2sc(-c3cccc(F)c3)cc2c1. The minimum Gasteiger partial charge on any atom is -0.387 e. The molecule has 0 saturated carbocycles. The molecule has 0 aliphatic rings. The largest absolute Gasteiger partial charge is 0.387 e. The van der Waals surface area contributed by atoms with E-state index < -0.39 is 0 Å². The Balaban J connectivity index is 2.09. The summed E-state index contributed by atoms with van der Waals surface area (Å²) >= 11 is 1.64. The summed E-state index contributed by atoms with van der Waals surface area (Å²) < 4.78 is 14.4. The molecule has 3 rings (SSSR count). The van der Waals surface area contributed by atoms with E-state index in [9.17, 15) is 4.39 Å². The Bertz CT molecular complexity index is 801. The van der Waals surface area contributed by atoms with Crippen molar-refractivity contribution in [1.29, 1.82) is 0 Å². The lowest BCUT2D eigenvalue weighted by Gasteiger charge is -1.95. The number of thiophene rings is 1. The number of nitrogens with two attached hydrogens (primary N) is 1. The Morgan fingerprint density at radius 1 is 1.15 bits per heavy atom. The second-order valence-electron chi connectivity index (χ2n) is 4.60. The van der Waals surface area contributed by atoms with Gasteiger partial charge in [-0.1, -0.05) is 12.1 Å². The van der Waals surface area contributed by atoms with Gasteiger partial charge in [0.25, 0.3) is 0 Å². The van der Waals surface area contributed by atoms with E-state index in [2.05, 4.69) is 11.1 Å². The highest BCUT2D eigenvalue weighted by atomic mass is 32.1. The first-order valence-corrected chi connectivity index (χ1v) is 7.04. The van der Waals surface area contributed by atoms with Gasteiger partial charge in [0.2, 0.25) is 0 Å². The molecular formula is C16H13FN2S. The predicted molar refractivity (Wildman–Crippen MR) is 84.2 cm³/mol. The molecule has 0 radical (unpaired) electrons. The molecule has 0 saturated heterocycles. The van der Waals surface area contributed by atoms with Crippen LogP contribution in [0.5, 0.6) is 0 Å². The fraction of sp³-hybridized carbons (Fsp3) is 0.0625. The first-order valence-electron chi connectivity index (χ1n) is 6.22. The lowest BCUT2D eigenvalue weighted by atomic mass is 10.1. The van der Waals surface area contributed by atoms with Gasteiger partial charge in [-0.25, -0.2) is 9.38 Å². The van der Waals surface area contributed by atoms with Crippen LogP contribution in [0.3, 0.4) is 0 Å². The summed E-state index contributed by atoms with van der Waals surface area (Å²) in [5, 5.41) is 1.09. The molecule has 3 aromatic rings. The van der Waals surface area contributed by atoms with Crippen LogP contribution < -0.4 is 5.73 Å². The van der Waals surface area contributed by atoms with E-state index in [1.54, 1.807) is 30.4 Å². The molecule has 1 heterocycles. The first-order chi connectivity index (χ1) is 9.61. The van der Waals surface area contributed by atoms with Gasteiger partial charge in [-0.2, -0.15) is 0 Å². The fourth-order valence-corrected chi connectivity index (χ4v) is 3.13. The van der Waals surface area contributed by atoms with E-state index in [-0.39, 0.29) is 5.82 Å². The van der Waals surface area contributed by atoms with Gasteiger partial charge in [-0.15, -0.1) is 11.3 Å². The van der Waals surface area contributed by atoms with E-state index in [1.807, 2.05) is 24.3 Å². The standard InChI is InChI=1S/C16H13FN2S/c1-10(18)19-14-5-6-15-12(8-14)9-16(20-15)11-3-2-4-13(17)7-11/h2-9H,1H3,(H2,18,19).